The van der Waals surface area contributed by atoms with E-state index in [9.17, 15) is 19.2 Å². The van der Waals surface area contributed by atoms with Gasteiger partial charge in [-0.25, -0.2) is 9.59 Å². The van der Waals surface area contributed by atoms with Crippen LogP contribution in [0.25, 0.3) is 0 Å². The number of nitrogens with one attached hydrogen (secondary N) is 2. The second kappa shape index (κ2) is 17.4. The Balaban J connectivity index is 1.67. The van der Waals surface area contributed by atoms with Crippen LogP contribution in [0, 0.1) is 11.8 Å². The van der Waals surface area contributed by atoms with Crippen molar-refractivity contribution in [3.63, 3.8) is 0 Å². The highest BCUT2D eigenvalue weighted by Crippen LogP contribution is 2.53. The summed E-state index contributed by atoms with van der Waals surface area (Å²) in [6, 6.07) is 17.3. The molecule has 0 unspecified atom stereocenters. The van der Waals surface area contributed by atoms with Crippen LogP contribution in [0.1, 0.15) is 147 Å². The zero-order chi connectivity index (χ0) is 44.5. The van der Waals surface area contributed by atoms with Crippen LogP contribution in [0.2, 0.25) is 0 Å². The molecular weight excluding hydrogens is 761 g/mol. The summed E-state index contributed by atoms with van der Waals surface area (Å²) in [5.74, 6) is -0.390. The number of hydrogen-bond donors (Lipinski definition) is 2. The van der Waals surface area contributed by atoms with Gasteiger partial charge in [0.25, 0.3) is 11.8 Å². The predicted molar refractivity (Wildman–Crippen MR) is 235 cm³/mol. The number of methoxy groups -OCH3 is 2. The van der Waals surface area contributed by atoms with E-state index in [-0.39, 0.29) is 44.9 Å². The van der Waals surface area contributed by atoms with Gasteiger partial charge in [-0.15, -0.1) is 0 Å². The number of carbonyl (C=O) groups is 4. The van der Waals surface area contributed by atoms with E-state index in [4.69, 9.17) is 23.7 Å². The van der Waals surface area contributed by atoms with Crippen molar-refractivity contribution in [3.05, 3.63) is 105 Å². The smallest absolute Gasteiger partial charge is 0.337 e. The largest absolute Gasteiger partial charge is 0.491 e. The maximum atomic E-state index is 14.7. The molecule has 1 aliphatic heterocycles. The molecule has 1 aliphatic rings. The fraction of sp³-hybridized carbons (Fsp3) is 0.429. The molecule has 60 heavy (non-hydrogen) atoms. The monoisotopic (exact) mass is 820 g/mol. The minimum Gasteiger partial charge on any atom is -0.491 e. The van der Waals surface area contributed by atoms with Crippen LogP contribution < -0.4 is 24.8 Å². The standard InChI is InChI=1S/C49H60N2O9/c1-27(2)25-58-39-19-29(45(54)56-13)15-17-37(39)50-43(52)33-21-31(47(5,6)7)23-35-41(33)60-42-34(22-32(48(8,9)10)24-36(42)49(35,11)12)44(53)51-38-18-16-30(46(55)57-14)20-40(38)59-26-28(3)4/h15-24,27-28H,25-26H2,1-14H3,(H,50,52)(H,51,53). The Labute approximate surface area is 354 Å². The molecule has 0 aromatic heterocycles. The fourth-order valence-corrected chi connectivity index (χ4v) is 6.73. The van der Waals surface area contributed by atoms with Gasteiger partial charge < -0.3 is 34.3 Å². The summed E-state index contributed by atoms with van der Waals surface area (Å²) in [4.78, 5) is 54.3. The summed E-state index contributed by atoms with van der Waals surface area (Å²) >= 11 is 0. The number of amides is 2. The van der Waals surface area contributed by atoms with Crippen molar-refractivity contribution < 1.29 is 42.9 Å². The summed E-state index contributed by atoms with van der Waals surface area (Å²) in [6.07, 6.45) is 0. The molecule has 320 valence electrons. The molecule has 11 nitrogen and oxygen atoms in total. The molecule has 11 heteroatoms. The van der Waals surface area contributed by atoms with Crippen LogP contribution in [0.5, 0.6) is 23.0 Å². The molecular formula is C49H60N2O9. The molecule has 4 aromatic rings. The molecule has 0 fully saturated rings. The maximum absolute atomic E-state index is 14.7. The van der Waals surface area contributed by atoms with Gasteiger partial charge in [0.15, 0.2) is 0 Å². The third kappa shape index (κ3) is 9.78. The summed E-state index contributed by atoms with van der Waals surface area (Å²) < 4.78 is 29.0. The molecule has 1 heterocycles. The van der Waals surface area contributed by atoms with Gasteiger partial charge in [-0.1, -0.05) is 95.2 Å². The number of anilines is 2. The highest BCUT2D eigenvalue weighted by atomic mass is 16.5. The summed E-state index contributed by atoms with van der Waals surface area (Å²) in [6.45, 7) is 25.4. The van der Waals surface area contributed by atoms with E-state index in [0.717, 1.165) is 22.3 Å². The van der Waals surface area contributed by atoms with Crippen molar-refractivity contribution in [1.29, 1.82) is 0 Å². The Kier molecular flexibility index (Phi) is 13.1. The highest BCUT2D eigenvalue weighted by molar-refractivity contribution is 6.10. The van der Waals surface area contributed by atoms with Crippen LogP contribution in [0.3, 0.4) is 0 Å². The highest BCUT2D eigenvalue weighted by Gasteiger charge is 2.41. The lowest BCUT2D eigenvalue weighted by Crippen LogP contribution is -2.30. The van der Waals surface area contributed by atoms with E-state index >= 15 is 0 Å². The number of carbonyl (C=O) groups excluding carboxylic acids is 4. The van der Waals surface area contributed by atoms with Crippen molar-refractivity contribution in [2.24, 2.45) is 11.8 Å². The average Bonchev–Trinajstić information content (AvgIpc) is 3.17. The minimum absolute atomic E-state index is 0.171. The third-order valence-corrected chi connectivity index (χ3v) is 10.4. The number of ether oxygens (including phenoxy) is 5. The van der Waals surface area contributed by atoms with Crippen LogP contribution in [0.4, 0.5) is 11.4 Å². The van der Waals surface area contributed by atoms with Gasteiger partial charge in [-0.2, -0.15) is 0 Å². The molecule has 0 aliphatic carbocycles. The van der Waals surface area contributed by atoms with Crippen LogP contribution >= 0.6 is 0 Å². The van der Waals surface area contributed by atoms with Gasteiger partial charge in [0.1, 0.15) is 23.0 Å². The lowest BCUT2D eigenvalue weighted by atomic mass is 9.70. The first-order valence-corrected chi connectivity index (χ1v) is 20.3. The van der Waals surface area contributed by atoms with E-state index in [1.54, 1.807) is 36.4 Å². The Morgan fingerprint density at radius 2 is 0.967 bits per heavy atom. The Bertz CT molecular complexity index is 2150. The fourth-order valence-electron chi connectivity index (χ4n) is 6.73. The van der Waals surface area contributed by atoms with Gasteiger partial charge in [-0.05, 0) is 82.3 Å². The zero-order valence-electron chi connectivity index (χ0n) is 37.5. The van der Waals surface area contributed by atoms with E-state index < -0.39 is 29.2 Å². The number of benzene rings is 4. The zero-order valence-corrected chi connectivity index (χ0v) is 37.5. The number of fused-ring (bicyclic) bond motifs is 2. The van der Waals surface area contributed by atoms with Crippen LogP contribution in [-0.4, -0.2) is 51.2 Å². The lowest BCUT2D eigenvalue weighted by molar-refractivity contribution is 0.0591. The number of rotatable bonds is 12. The average molecular weight is 821 g/mol. The Morgan fingerprint density at radius 1 is 0.600 bits per heavy atom. The van der Waals surface area contributed by atoms with Crippen molar-refractivity contribution in [1.82, 2.24) is 0 Å². The minimum atomic E-state index is -0.753. The molecule has 5 rings (SSSR count). The first kappa shape index (κ1) is 45.2. The number of hydrogen-bond acceptors (Lipinski definition) is 9. The summed E-state index contributed by atoms with van der Waals surface area (Å²) in [7, 11) is 2.61. The second-order valence-electron chi connectivity index (χ2n) is 18.8. The molecule has 0 saturated carbocycles. The second-order valence-corrected chi connectivity index (χ2v) is 18.8. The lowest BCUT2D eigenvalue weighted by Gasteiger charge is -2.38. The van der Waals surface area contributed by atoms with E-state index in [0.29, 0.717) is 47.6 Å². The predicted octanol–water partition coefficient (Wildman–Crippen LogP) is 10.9. The third-order valence-electron chi connectivity index (χ3n) is 10.4. The van der Waals surface area contributed by atoms with Crippen LogP contribution in [-0.2, 0) is 25.7 Å². The molecule has 0 radical (unpaired) electrons. The van der Waals surface area contributed by atoms with Gasteiger partial charge in [0.2, 0.25) is 0 Å². The van der Waals surface area contributed by atoms with E-state index in [1.807, 2.05) is 39.8 Å². The summed E-state index contributed by atoms with van der Waals surface area (Å²) in [5.41, 5.74) is 3.74. The van der Waals surface area contributed by atoms with Crippen molar-refractivity contribution in [3.8, 4) is 23.0 Å². The first-order valence-electron chi connectivity index (χ1n) is 20.3. The maximum Gasteiger partial charge on any atom is 0.337 e. The molecule has 2 amide bonds. The summed E-state index contributed by atoms with van der Waals surface area (Å²) in [5, 5.41) is 6.07. The SMILES string of the molecule is COC(=O)c1ccc(NC(=O)c2cc(C(C)(C)C)cc3c2Oc2c(C(=O)Nc4ccc(C(=O)OC)cc4OCC(C)C)cc(C(C)(C)C)cc2C3(C)C)c(OCC(C)C)c1. The molecule has 0 bridgehead atoms. The van der Waals surface area contributed by atoms with Gasteiger partial charge in [0, 0.05) is 16.5 Å². The van der Waals surface area contributed by atoms with Crippen molar-refractivity contribution in [2.45, 2.75) is 99.3 Å². The molecule has 2 N–H and O–H groups in total. The Hall–Kier alpha value is -5.84. The number of esters is 2. The molecule has 0 atom stereocenters. The van der Waals surface area contributed by atoms with Gasteiger partial charge in [-0.3, -0.25) is 9.59 Å². The van der Waals surface area contributed by atoms with Gasteiger partial charge in [0.05, 0.1) is 61.1 Å². The topological polar surface area (TPSA) is 138 Å². The first-order chi connectivity index (χ1) is 28.0. The quantitative estimate of drug-likeness (QED) is 0.134. The van der Waals surface area contributed by atoms with E-state index in [1.165, 1.54) is 14.2 Å². The normalized spacial score (nSPS) is 13.1. The van der Waals surface area contributed by atoms with Crippen molar-refractivity contribution in [2.75, 3.05) is 38.1 Å². The van der Waals surface area contributed by atoms with Crippen LogP contribution in [0.15, 0.2) is 60.7 Å². The van der Waals surface area contributed by atoms with Gasteiger partial charge >= 0.3 is 11.9 Å². The molecule has 0 spiro atoms. The van der Waals surface area contributed by atoms with E-state index in [2.05, 4.69) is 78.2 Å². The Morgan fingerprint density at radius 3 is 1.28 bits per heavy atom. The van der Waals surface area contributed by atoms with Crippen molar-refractivity contribution >= 4 is 35.1 Å². The molecule has 4 aromatic carbocycles. The molecule has 0 saturated heterocycles.